The molecule has 0 saturated carbocycles. The SMILES string of the molecule is CN=C(NCCOCCC(C)C)NCCc1cccc(C(=O)N(C)C)c1.I. The second-order valence-electron chi connectivity index (χ2n) is 6.87. The van der Waals surface area contributed by atoms with Crippen molar-refractivity contribution in [1.82, 2.24) is 15.5 Å². The van der Waals surface area contributed by atoms with Crippen LogP contribution in [0.5, 0.6) is 0 Å². The summed E-state index contributed by atoms with van der Waals surface area (Å²) < 4.78 is 5.59. The van der Waals surface area contributed by atoms with Gasteiger partial charge in [-0.2, -0.15) is 0 Å². The summed E-state index contributed by atoms with van der Waals surface area (Å²) in [4.78, 5) is 17.8. The first-order valence-electron chi connectivity index (χ1n) is 9.27. The van der Waals surface area contributed by atoms with Crippen LogP contribution in [-0.4, -0.2) is 64.2 Å². The molecule has 0 saturated heterocycles. The highest BCUT2D eigenvalue weighted by atomic mass is 127. The molecule has 7 heteroatoms. The Morgan fingerprint density at radius 1 is 1.19 bits per heavy atom. The summed E-state index contributed by atoms with van der Waals surface area (Å²) >= 11 is 0. The van der Waals surface area contributed by atoms with Gasteiger partial charge in [0.1, 0.15) is 0 Å². The molecule has 0 spiro atoms. The van der Waals surface area contributed by atoms with Gasteiger partial charge in [-0.25, -0.2) is 0 Å². The summed E-state index contributed by atoms with van der Waals surface area (Å²) in [6.45, 7) is 7.33. The van der Waals surface area contributed by atoms with E-state index in [0.29, 0.717) is 18.1 Å². The average Bonchev–Trinajstić information content (AvgIpc) is 2.62. The highest BCUT2D eigenvalue weighted by Crippen LogP contribution is 2.07. The van der Waals surface area contributed by atoms with Gasteiger partial charge in [0.05, 0.1) is 6.61 Å². The van der Waals surface area contributed by atoms with E-state index in [0.717, 1.165) is 44.1 Å². The zero-order valence-corrected chi connectivity index (χ0v) is 19.6. The van der Waals surface area contributed by atoms with Crippen LogP contribution in [0, 0.1) is 5.92 Å². The molecule has 1 aromatic carbocycles. The third kappa shape index (κ3) is 11.2. The van der Waals surface area contributed by atoms with E-state index in [-0.39, 0.29) is 29.9 Å². The fraction of sp³-hybridized carbons (Fsp3) is 0.600. The zero-order valence-electron chi connectivity index (χ0n) is 17.2. The second-order valence-corrected chi connectivity index (χ2v) is 6.87. The number of carbonyl (C=O) groups excluding carboxylic acids is 1. The van der Waals surface area contributed by atoms with E-state index < -0.39 is 0 Å². The van der Waals surface area contributed by atoms with Gasteiger partial charge in [-0.05, 0) is 36.5 Å². The van der Waals surface area contributed by atoms with Gasteiger partial charge in [-0.3, -0.25) is 9.79 Å². The summed E-state index contributed by atoms with van der Waals surface area (Å²) in [6, 6.07) is 7.75. The summed E-state index contributed by atoms with van der Waals surface area (Å²) in [5.74, 6) is 1.46. The molecule has 154 valence electrons. The van der Waals surface area contributed by atoms with Crippen molar-refractivity contribution < 1.29 is 9.53 Å². The number of carbonyl (C=O) groups is 1. The van der Waals surface area contributed by atoms with Crippen LogP contribution in [-0.2, 0) is 11.2 Å². The standard InChI is InChI=1S/C20H34N4O2.HI/c1-16(2)10-13-26-14-12-23-20(21-3)22-11-9-17-7-6-8-18(15-17)19(25)24(4)5;/h6-8,15-16H,9-14H2,1-5H3,(H2,21,22,23);1H. The normalized spacial score (nSPS) is 11.1. The largest absolute Gasteiger partial charge is 0.380 e. The Bertz CT molecular complexity index is 577. The predicted molar refractivity (Wildman–Crippen MR) is 123 cm³/mol. The van der Waals surface area contributed by atoms with E-state index in [2.05, 4.69) is 29.5 Å². The maximum Gasteiger partial charge on any atom is 0.253 e. The first-order valence-corrected chi connectivity index (χ1v) is 9.27. The van der Waals surface area contributed by atoms with Crippen molar-refractivity contribution in [1.29, 1.82) is 0 Å². The molecule has 27 heavy (non-hydrogen) atoms. The lowest BCUT2D eigenvalue weighted by Gasteiger charge is -2.13. The average molecular weight is 490 g/mol. The number of benzene rings is 1. The molecule has 1 amide bonds. The van der Waals surface area contributed by atoms with Crippen molar-refractivity contribution in [2.45, 2.75) is 26.7 Å². The molecule has 2 N–H and O–H groups in total. The van der Waals surface area contributed by atoms with Gasteiger partial charge >= 0.3 is 0 Å². The van der Waals surface area contributed by atoms with Gasteiger partial charge < -0.3 is 20.3 Å². The van der Waals surface area contributed by atoms with E-state index in [1.165, 1.54) is 0 Å². The molecule has 0 unspecified atom stereocenters. The van der Waals surface area contributed by atoms with Crippen LogP contribution >= 0.6 is 24.0 Å². The van der Waals surface area contributed by atoms with E-state index in [1.54, 1.807) is 26.0 Å². The summed E-state index contributed by atoms with van der Waals surface area (Å²) in [6.07, 6.45) is 1.91. The van der Waals surface area contributed by atoms with Gasteiger partial charge in [0.25, 0.3) is 5.91 Å². The van der Waals surface area contributed by atoms with Crippen LogP contribution in [0.3, 0.4) is 0 Å². The Morgan fingerprint density at radius 2 is 1.89 bits per heavy atom. The van der Waals surface area contributed by atoms with E-state index in [9.17, 15) is 4.79 Å². The molecule has 0 fully saturated rings. The van der Waals surface area contributed by atoms with Gasteiger partial charge in [-0.15, -0.1) is 24.0 Å². The maximum atomic E-state index is 12.0. The molecule has 0 aliphatic carbocycles. The minimum Gasteiger partial charge on any atom is -0.380 e. The van der Waals surface area contributed by atoms with Crippen LogP contribution in [0.1, 0.15) is 36.2 Å². The molecular formula is C20H35IN4O2. The molecule has 1 aromatic rings. The number of hydrogen-bond donors (Lipinski definition) is 2. The molecule has 0 aromatic heterocycles. The third-order valence-corrected chi connectivity index (χ3v) is 3.89. The number of halogens is 1. The van der Waals surface area contributed by atoms with Gasteiger partial charge in [0, 0.05) is 46.4 Å². The van der Waals surface area contributed by atoms with Gasteiger partial charge in [-0.1, -0.05) is 26.0 Å². The summed E-state index contributed by atoms with van der Waals surface area (Å²) in [5.41, 5.74) is 1.84. The van der Waals surface area contributed by atoms with Crippen LogP contribution in [0.25, 0.3) is 0 Å². The van der Waals surface area contributed by atoms with Crippen molar-refractivity contribution in [2.24, 2.45) is 10.9 Å². The number of guanidine groups is 1. The Kier molecular flexibility index (Phi) is 13.9. The molecule has 0 aliphatic rings. The monoisotopic (exact) mass is 490 g/mol. The maximum absolute atomic E-state index is 12.0. The Balaban J connectivity index is 0.00000676. The lowest BCUT2D eigenvalue weighted by molar-refractivity contribution is 0.0827. The first-order chi connectivity index (χ1) is 12.4. The minimum absolute atomic E-state index is 0. The fourth-order valence-electron chi connectivity index (χ4n) is 2.33. The molecule has 0 bridgehead atoms. The van der Waals surface area contributed by atoms with Crippen molar-refractivity contribution in [3.05, 3.63) is 35.4 Å². The van der Waals surface area contributed by atoms with Crippen LogP contribution in [0.2, 0.25) is 0 Å². The molecule has 0 heterocycles. The van der Waals surface area contributed by atoms with E-state index in [4.69, 9.17) is 4.74 Å². The van der Waals surface area contributed by atoms with Crippen LogP contribution in [0.4, 0.5) is 0 Å². The third-order valence-electron chi connectivity index (χ3n) is 3.89. The molecular weight excluding hydrogens is 455 g/mol. The molecule has 0 aliphatic heterocycles. The summed E-state index contributed by atoms with van der Waals surface area (Å²) in [5, 5.41) is 6.53. The lowest BCUT2D eigenvalue weighted by atomic mass is 10.1. The Hall–Kier alpha value is -1.35. The second kappa shape index (κ2) is 14.7. The van der Waals surface area contributed by atoms with Crippen molar-refractivity contribution in [3.63, 3.8) is 0 Å². The number of nitrogens with zero attached hydrogens (tertiary/aromatic N) is 2. The number of rotatable bonds is 10. The predicted octanol–water partition coefficient (Wildman–Crippen LogP) is 2.78. The number of amides is 1. The van der Waals surface area contributed by atoms with E-state index >= 15 is 0 Å². The number of hydrogen-bond acceptors (Lipinski definition) is 3. The van der Waals surface area contributed by atoms with Crippen molar-refractivity contribution >= 4 is 35.8 Å². The molecule has 0 atom stereocenters. The van der Waals surface area contributed by atoms with Crippen molar-refractivity contribution in [2.75, 3.05) is 47.4 Å². The van der Waals surface area contributed by atoms with Crippen molar-refractivity contribution in [3.8, 4) is 0 Å². The zero-order chi connectivity index (χ0) is 19.4. The Morgan fingerprint density at radius 3 is 2.52 bits per heavy atom. The number of aliphatic imine (C=N–C) groups is 1. The van der Waals surface area contributed by atoms with Gasteiger partial charge in [0.15, 0.2) is 5.96 Å². The summed E-state index contributed by atoms with van der Waals surface area (Å²) in [7, 11) is 5.28. The van der Waals surface area contributed by atoms with Crippen LogP contribution < -0.4 is 10.6 Å². The molecule has 1 rings (SSSR count). The first kappa shape index (κ1) is 25.6. The minimum atomic E-state index is 0. The fourth-order valence-corrected chi connectivity index (χ4v) is 2.33. The highest BCUT2D eigenvalue weighted by molar-refractivity contribution is 14.0. The quantitative estimate of drug-likeness (QED) is 0.229. The highest BCUT2D eigenvalue weighted by Gasteiger charge is 2.08. The van der Waals surface area contributed by atoms with Crippen LogP contribution in [0.15, 0.2) is 29.3 Å². The van der Waals surface area contributed by atoms with E-state index in [1.807, 2.05) is 24.3 Å². The smallest absolute Gasteiger partial charge is 0.253 e. The Labute approximate surface area is 181 Å². The molecule has 6 nitrogen and oxygen atoms in total. The molecule has 0 radical (unpaired) electrons. The van der Waals surface area contributed by atoms with Gasteiger partial charge in [0.2, 0.25) is 0 Å². The topological polar surface area (TPSA) is 66.0 Å². The lowest BCUT2D eigenvalue weighted by Crippen LogP contribution is -2.39. The number of ether oxygens (including phenoxy) is 1. The number of nitrogens with one attached hydrogen (secondary N) is 2.